The van der Waals surface area contributed by atoms with Gasteiger partial charge in [0.1, 0.15) is 6.04 Å². The molecule has 9 nitrogen and oxygen atoms in total. The number of carbonyl (C=O) groups excluding carboxylic acids is 4. The predicted molar refractivity (Wildman–Crippen MR) is 83.4 cm³/mol. The number of hydrogen-bond acceptors (Lipinski definition) is 7. The molecule has 0 aliphatic heterocycles. The second-order valence-corrected chi connectivity index (χ2v) is 4.57. The Morgan fingerprint density at radius 1 is 1.33 bits per heavy atom. The fourth-order valence-corrected chi connectivity index (χ4v) is 1.67. The molecule has 1 heterocycles. The van der Waals surface area contributed by atoms with E-state index in [0.717, 1.165) is 0 Å². The molecule has 1 aromatic heterocycles. The maximum atomic E-state index is 12.3. The first kappa shape index (κ1) is 19.1. The van der Waals surface area contributed by atoms with Crippen LogP contribution in [0.1, 0.15) is 37.7 Å². The molecule has 2 N–H and O–H groups in total. The highest BCUT2D eigenvalue weighted by Crippen LogP contribution is 2.27. The maximum absolute atomic E-state index is 12.3. The lowest BCUT2D eigenvalue weighted by molar-refractivity contribution is -0.145. The number of ether oxygens (including phenoxy) is 2. The third-order valence-electron chi connectivity index (χ3n) is 2.83. The molecule has 1 atom stereocenters. The molecular formula is C15H19N3O6. The summed E-state index contributed by atoms with van der Waals surface area (Å²) >= 11 is 0. The Labute approximate surface area is 138 Å². The van der Waals surface area contributed by atoms with Gasteiger partial charge in [-0.1, -0.05) is 6.92 Å². The minimum atomic E-state index is -0.920. The summed E-state index contributed by atoms with van der Waals surface area (Å²) in [6.45, 7) is 4.84. The molecular weight excluding hydrogens is 318 g/mol. The van der Waals surface area contributed by atoms with Gasteiger partial charge in [0.2, 0.25) is 6.41 Å². The molecule has 0 aromatic carbocycles. The Kier molecular flexibility index (Phi) is 7.34. The van der Waals surface area contributed by atoms with Crippen molar-refractivity contribution in [2.24, 2.45) is 0 Å². The van der Waals surface area contributed by atoms with E-state index >= 15 is 0 Å². The number of aromatic nitrogens is 1. The molecule has 0 bridgehead atoms. The first-order chi connectivity index (χ1) is 11.4. The molecule has 1 aromatic rings. The second kappa shape index (κ2) is 9.23. The Morgan fingerprint density at radius 2 is 2.04 bits per heavy atom. The van der Waals surface area contributed by atoms with Crippen LogP contribution in [0.2, 0.25) is 0 Å². The van der Waals surface area contributed by atoms with Crippen molar-refractivity contribution in [3.63, 3.8) is 0 Å². The van der Waals surface area contributed by atoms with Crippen LogP contribution in [0, 0.1) is 0 Å². The van der Waals surface area contributed by atoms with Gasteiger partial charge in [0.15, 0.2) is 11.4 Å². The number of carbonyl (C=O) groups is 4. The van der Waals surface area contributed by atoms with Gasteiger partial charge in [0.05, 0.1) is 12.3 Å². The minimum Gasteiger partial charge on any atom is -0.464 e. The van der Waals surface area contributed by atoms with Crippen LogP contribution in [-0.2, 0) is 19.1 Å². The molecule has 0 fully saturated rings. The zero-order valence-electron chi connectivity index (χ0n) is 13.6. The molecule has 0 radical (unpaired) electrons. The average Bonchev–Trinajstić information content (AvgIpc) is 2.56. The smallest absolute Gasteiger partial charge is 0.328 e. The van der Waals surface area contributed by atoms with Crippen LogP contribution in [0.5, 0.6) is 5.75 Å². The minimum absolute atomic E-state index is 0.0652. The lowest BCUT2D eigenvalue weighted by Gasteiger charge is -2.15. The van der Waals surface area contributed by atoms with Crippen molar-refractivity contribution in [1.29, 1.82) is 0 Å². The summed E-state index contributed by atoms with van der Waals surface area (Å²) in [6.07, 6.45) is 1.70. The number of anilines is 1. The molecule has 1 unspecified atom stereocenters. The predicted octanol–water partition coefficient (Wildman–Crippen LogP) is 0.647. The Morgan fingerprint density at radius 3 is 2.62 bits per heavy atom. The molecule has 2 amide bonds. The van der Waals surface area contributed by atoms with Crippen molar-refractivity contribution in [3.8, 4) is 5.75 Å². The topological polar surface area (TPSA) is 124 Å². The average molecular weight is 337 g/mol. The van der Waals surface area contributed by atoms with Crippen LogP contribution in [0.15, 0.2) is 12.3 Å². The molecule has 130 valence electrons. The molecule has 24 heavy (non-hydrogen) atoms. The van der Waals surface area contributed by atoms with Crippen molar-refractivity contribution < 1.29 is 28.7 Å². The van der Waals surface area contributed by atoms with Gasteiger partial charge < -0.3 is 20.1 Å². The Hall–Kier alpha value is -2.97. The summed E-state index contributed by atoms with van der Waals surface area (Å²) in [5.74, 6) is -2.15. The Balaban J connectivity index is 3.09. The molecule has 0 aliphatic carbocycles. The summed E-state index contributed by atoms with van der Waals surface area (Å²) in [5, 5.41) is 4.73. The van der Waals surface area contributed by atoms with Gasteiger partial charge in [0.25, 0.3) is 5.91 Å². The normalized spacial score (nSPS) is 11.1. The lowest BCUT2D eigenvalue weighted by atomic mass is 10.2. The van der Waals surface area contributed by atoms with Crippen LogP contribution in [0.4, 0.5) is 5.69 Å². The number of pyridine rings is 1. The van der Waals surface area contributed by atoms with Gasteiger partial charge in [-0.2, -0.15) is 0 Å². The number of amides is 2. The van der Waals surface area contributed by atoms with Crippen molar-refractivity contribution in [1.82, 2.24) is 10.3 Å². The third kappa shape index (κ3) is 5.04. The molecule has 0 spiro atoms. The highest BCUT2D eigenvalue weighted by molar-refractivity contribution is 6.00. The van der Waals surface area contributed by atoms with Gasteiger partial charge in [-0.15, -0.1) is 0 Å². The van der Waals surface area contributed by atoms with E-state index in [-0.39, 0.29) is 30.2 Å². The van der Waals surface area contributed by atoms with E-state index in [2.05, 4.69) is 15.6 Å². The zero-order valence-corrected chi connectivity index (χ0v) is 13.6. The summed E-state index contributed by atoms with van der Waals surface area (Å²) in [4.78, 5) is 50.0. The van der Waals surface area contributed by atoms with E-state index in [9.17, 15) is 19.2 Å². The number of nitrogens with one attached hydrogen (secondary N) is 2. The van der Waals surface area contributed by atoms with Crippen LogP contribution in [0.25, 0.3) is 0 Å². The van der Waals surface area contributed by atoms with Gasteiger partial charge in [-0.25, -0.2) is 9.78 Å². The van der Waals surface area contributed by atoms with Gasteiger partial charge in [-0.05, 0) is 19.9 Å². The van der Waals surface area contributed by atoms with Gasteiger partial charge >= 0.3 is 11.9 Å². The second-order valence-electron chi connectivity index (χ2n) is 4.57. The van der Waals surface area contributed by atoms with E-state index in [1.165, 1.54) is 19.2 Å². The van der Waals surface area contributed by atoms with E-state index in [1.807, 2.05) is 0 Å². The summed E-state index contributed by atoms with van der Waals surface area (Å²) in [7, 11) is 0. The van der Waals surface area contributed by atoms with Crippen LogP contribution in [0.3, 0.4) is 0 Å². The molecule has 9 heteroatoms. The van der Waals surface area contributed by atoms with Crippen LogP contribution >= 0.6 is 0 Å². The largest absolute Gasteiger partial charge is 0.464 e. The number of nitrogens with zero attached hydrogens (tertiary/aromatic N) is 1. The van der Waals surface area contributed by atoms with Crippen molar-refractivity contribution >= 4 is 29.9 Å². The van der Waals surface area contributed by atoms with Crippen LogP contribution < -0.4 is 15.4 Å². The van der Waals surface area contributed by atoms with Crippen molar-refractivity contribution in [2.75, 3.05) is 11.9 Å². The number of rotatable bonds is 8. The fourth-order valence-electron chi connectivity index (χ4n) is 1.67. The first-order valence-corrected chi connectivity index (χ1v) is 7.31. The number of hydrogen-bond donors (Lipinski definition) is 2. The SMILES string of the molecule is CCOC(=O)C(C)NC(=O)c1nccc(NC=O)c1OC(=O)CC. The van der Waals surface area contributed by atoms with E-state index in [0.29, 0.717) is 6.41 Å². The standard InChI is InChI=1S/C15H19N3O6/c1-4-11(20)24-13-10(17-8-19)6-7-16-12(13)14(21)18-9(3)15(22)23-5-2/h6-9H,4-5H2,1-3H3,(H,18,21)(H,16,17,19). The maximum Gasteiger partial charge on any atom is 0.328 e. The number of esters is 2. The Bertz CT molecular complexity index is 632. The quantitative estimate of drug-likeness (QED) is 0.527. The highest BCUT2D eigenvalue weighted by atomic mass is 16.5. The van der Waals surface area contributed by atoms with Gasteiger partial charge in [0, 0.05) is 12.6 Å². The summed E-state index contributed by atoms with van der Waals surface area (Å²) in [6, 6.07) is 0.453. The monoisotopic (exact) mass is 337 g/mol. The molecule has 0 saturated heterocycles. The summed E-state index contributed by atoms with van der Waals surface area (Å²) in [5.41, 5.74) is -0.129. The van der Waals surface area contributed by atoms with E-state index in [4.69, 9.17) is 9.47 Å². The zero-order chi connectivity index (χ0) is 18.1. The highest BCUT2D eigenvalue weighted by Gasteiger charge is 2.24. The lowest BCUT2D eigenvalue weighted by Crippen LogP contribution is -2.40. The van der Waals surface area contributed by atoms with Crippen LogP contribution in [-0.4, -0.2) is 41.9 Å². The summed E-state index contributed by atoms with van der Waals surface area (Å²) < 4.78 is 9.89. The van der Waals surface area contributed by atoms with E-state index in [1.54, 1.807) is 13.8 Å². The van der Waals surface area contributed by atoms with Crippen molar-refractivity contribution in [3.05, 3.63) is 18.0 Å². The van der Waals surface area contributed by atoms with Crippen molar-refractivity contribution in [2.45, 2.75) is 33.2 Å². The molecule has 1 rings (SSSR count). The molecule has 0 saturated carbocycles. The first-order valence-electron chi connectivity index (χ1n) is 7.31. The molecule has 0 aliphatic rings. The van der Waals surface area contributed by atoms with E-state index < -0.39 is 23.9 Å². The third-order valence-corrected chi connectivity index (χ3v) is 2.83. The van der Waals surface area contributed by atoms with Gasteiger partial charge in [-0.3, -0.25) is 14.4 Å². The fraction of sp³-hybridized carbons (Fsp3) is 0.400.